The van der Waals surface area contributed by atoms with Crippen LogP contribution in [0.2, 0.25) is 0 Å². The summed E-state index contributed by atoms with van der Waals surface area (Å²) < 4.78 is 49.3. The van der Waals surface area contributed by atoms with Crippen LogP contribution in [0.1, 0.15) is 118 Å². The van der Waals surface area contributed by atoms with Crippen molar-refractivity contribution in [2.24, 2.45) is 11.3 Å². The van der Waals surface area contributed by atoms with Crippen LogP contribution in [0.3, 0.4) is 0 Å². The normalized spacial score (nSPS) is 26.3. The van der Waals surface area contributed by atoms with Crippen LogP contribution in [0.4, 0.5) is 28.4 Å². The topological polar surface area (TPSA) is 205 Å². The van der Waals surface area contributed by atoms with Crippen LogP contribution >= 0.6 is 0 Å². The molecule has 3 saturated heterocycles. The highest BCUT2D eigenvalue weighted by molar-refractivity contribution is 7.90. The van der Waals surface area contributed by atoms with E-state index in [-0.39, 0.29) is 34.7 Å². The van der Waals surface area contributed by atoms with E-state index in [2.05, 4.69) is 67.8 Å². The SMILES string of the molecule is CC(C)c1ccccc1[C@@H]1COCCN1[C@@H]1CCC2(CCN(c3ccc(C(=O)NS(=O)(=O)c4ccc(NC[C@H]5CC[C@](C)(O)CC5)c([N+](=O)[O-])c4)c(N4c5cc6cc[nH]c6nc5O[C@H]5COCC[C@@H]54)c3)CC2)C1. The van der Waals surface area contributed by atoms with Crippen molar-refractivity contribution in [3.05, 3.63) is 106 Å². The number of hydrogen-bond acceptors (Lipinski definition) is 14. The number of aliphatic hydroxyl groups is 1. The maximum atomic E-state index is 14.8. The van der Waals surface area contributed by atoms with Crippen molar-refractivity contribution in [3.63, 3.8) is 0 Å². The lowest BCUT2D eigenvalue weighted by Gasteiger charge is -2.46. The van der Waals surface area contributed by atoms with Gasteiger partial charge in [-0.05, 0) is 142 Å². The number of aromatic nitrogens is 2. The van der Waals surface area contributed by atoms with Gasteiger partial charge in [0.1, 0.15) is 23.1 Å². The zero-order chi connectivity index (χ0) is 50.6. The van der Waals surface area contributed by atoms with Crippen molar-refractivity contribution in [1.29, 1.82) is 0 Å². The third-order valence-corrected chi connectivity index (χ3v) is 18.4. The Morgan fingerprint density at radius 1 is 0.932 bits per heavy atom. The minimum absolute atomic E-state index is 0.116. The van der Waals surface area contributed by atoms with Crippen molar-refractivity contribution >= 4 is 55.4 Å². The number of rotatable bonds is 12. The minimum Gasteiger partial charge on any atom is -0.468 e. The summed E-state index contributed by atoms with van der Waals surface area (Å²) in [6, 6.07) is 22.5. The zero-order valence-electron chi connectivity index (χ0n) is 42.1. The van der Waals surface area contributed by atoms with Crippen LogP contribution in [0.5, 0.6) is 5.88 Å². The number of H-pyrrole nitrogens is 1. The van der Waals surface area contributed by atoms with Gasteiger partial charge < -0.3 is 39.4 Å². The number of nitrogens with one attached hydrogen (secondary N) is 3. The van der Waals surface area contributed by atoms with Crippen molar-refractivity contribution < 1.29 is 37.5 Å². The number of fused-ring (bicyclic) bond motifs is 3. The number of sulfonamides is 1. The maximum absolute atomic E-state index is 14.8. The number of ether oxygens (including phenoxy) is 3. The first-order chi connectivity index (χ1) is 35.1. The Bertz CT molecular complexity index is 2980. The third kappa shape index (κ3) is 9.88. The Hall–Kier alpha value is -5.79. The number of amides is 1. The fourth-order valence-corrected chi connectivity index (χ4v) is 13.8. The summed E-state index contributed by atoms with van der Waals surface area (Å²) in [5.74, 6) is 0.115. The number of nitro benzene ring substituents is 1. The standard InChI is InChI=1S/C55H68N8O9S/c1-35(2)41-6-4-5-7-42(41)49-33-71-27-25-61(49)39-14-19-55(31-39)20-23-60(24-21-55)38-8-10-43(46(29-38)62-45-16-26-70-34-50(45)72-53-48(62)28-37-15-22-56-51(37)58-53)52(64)59-73(68,69)40-9-11-44(47(30-40)63(66)67)57-32-36-12-17-54(3,65)18-13-36/h4-11,15,22,28-30,35-36,39,45,49-50,57,65H,12-14,16-21,23-27,31-34H2,1-3H3,(H,56,58)(H,59,64)/t36-,39-,45+,49+,50+,54-/m1/s1. The van der Waals surface area contributed by atoms with Crippen LogP contribution in [0.15, 0.2) is 83.9 Å². The molecule has 388 valence electrons. The Morgan fingerprint density at radius 3 is 2.52 bits per heavy atom. The fraction of sp³-hybridized carbons (Fsp3) is 0.527. The van der Waals surface area contributed by atoms with E-state index in [4.69, 9.17) is 19.2 Å². The monoisotopic (exact) mass is 1020 g/mol. The molecule has 1 amide bonds. The highest BCUT2D eigenvalue weighted by Crippen LogP contribution is 2.51. The van der Waals surface area contributed by atoms with Crippen LogP contribution in [-0.2, 0) is 19.5 Å². The number of morpholine rings is 1. The molecule has 0 unspecified atom stereocenters. The molecule has 5 fully saturated rings. The van der Waals surface area contributed by atoms with Crippen molar-refractivity contribution in [2.45, 2.75) is 126 Å². The summed E-state index contributed by atoms with van der Waals surface area (Å²) in [4.78, 5) is 41.3. The molecule has 6 aliphatic rings. The van der Waals surface area contributed by atoms with Gasteiger partial charge in [-0.15, -0.1) is 0 Å². The van der Waals surface area contributed by atoms with E-state index in [0.29, 0.717) is 80.5 Å². The predicted octanol–water partition coefficient (Wildman–Crippen LogP) is 8.97. The van der Waals surface area contributed by atoms with Gasteiger partial charge in [0, 0.05) is 62.2 Å². The molecular formula is C55H68N8O9S. The summed E-state index contributed by atoms with van der Waals surface area (Å²) in [7, 11) is -4.62. The second-order valence-electron chi connectivity index (χ2n) is 22.1. The molecule has 2 aromatic heterocycles. The summed E-state index contributed by atoms with van der Waals surface area (Å²) in [6.45, 7) is 11.6. The molecule has 6 heterocycles. The lowest BCUT2D eigenvalue weighted by molar-refractivity contribution is -0.384. The fourth-order valence-electron chi connectivity index (χ4n) is 12.8. The van der Waals surface area contributed by atoms with E-state index >= 15 is 0 Å². The molecule has 4 N–H and O–H groups in total. The second kappa shape index (κ2) is 19.8. The van der Waals surface area contributed by atoms with Crippen LogP contribution in [0.25, 0.3) is 11.0 Å². The molecule has 3 aromatic carbocycles. The zero-order valence-corrected chi connectivity index (χ0v) is 42.9. The van der Waals surface area contributed by atoms with Crippen LogP contribution < -0.4 is 24.6 Å². The smallest absolute Gasteiger partial charge is 0.293 e. The van der Waals surface area contributed by atoms with E-state index in [9.17, 15) is 28.4 Å². The van der Waals surface area contributed by atoms with Gasteiger partial charge >= 0.3 is 0 Å². The Kier molecular flexibility index (Phi) is 13.4. The summed E-state index contributed by atoms with van der Waals surface area (Å²) in [5.41, 5.74) is 4.86. The molecule has 4 aliphatic heterocycles. The first kappa shape index (κ1) is 49.4. The number of nitrogens with zero attached hydrogens (tertiary/aromatic N) is 5. The molecule has 2 aliphatic carbocycles. The minimum atomic E-state index is -4.62. The first-order valence-corrected chi connectivity index (χ1v) is 27.8. The molecule has 0 bridgehead atoms. The van der Waals surface area contributed by atoms with Gasteiger partial charge in [0.2, 0.25) is 5.88 Å². The van der Waals surface area contributed by atoms with Crippen molar-refractivity contribution in [1.82, 2.24) is 19.6 Å². The van der Waals surface area contributed by atoms with Gasteiger partial charge in [-0.2, -0.15) is 4.98 Å². The number of aromatic amines is 1. The largest absolute Gasteiger partial charge is 0.468 e. The molecule has 11 rings (SSSR count). The van der Waals surface area contributed by atoms with Crippen molar-refractivity contribution in [2.75, 3.05) is 67.7 Å². The molecule has 2 saturated carbocycles. The van der Waals surface area contributed by atoms with Gasteiger partial charge in [-0.25, -0.2) is 13.1 Å². The maximum Gasteiger partial charge on any atom is 0.293 e. The summed E-state index contributed by atoms with van der Waals surface area (Å²) in [5, 5.41) is 26.8. The number of nitro groups is 1. The number of anilines is 4. The van der Waals surface area contributed by atoms with Crippen molar-refractivity contribution in [3.8, 4) is 5.88 Å². The first-order valence-electron chi connectivity index (χ1n) is 26.3. The number of carbonyl (C=O) groups is 1. The average Bonchev–Trinajstić information content (AvgIpc) is 4.03. The number of benzene rings is 3. The van der Waals surface area contributed by atoms with Gasteiger partial charge in [-0.1, -0.05) is 38.1 Å². The average molecular weight is 1020 g/mol. The van der Waals surface area contributed by atoms with E-state index in [0.717, 1.165) is 81.9 Å². The van der Waals surface area contributed by atoms with E-state index < -0.39 is 43.1 Å². The quantitative estimate of drug-likeness (QED) is 0.0681. The number of pyridine rings is 1. The molecular weight excluding hydrogens is 949 g/mol. The third-order valence-electron chi connectivity index (χ3n) is 17.0. The number of piperidine rings is 1. The molecule has 1 spiro atoms. The van der Waals surface area contributed by atoms with Gasteiger partial charge in [0.05, 0.1) is 58.6 Å². The lowest BCUT2D eigenvalue weighted by atomic mass is 9.76. The molecule has 18 heteroatoms. The molecule has 17 nitrogen and oxygen atoms in total. The van der Waals surface area contributed by atoms with Gasteiger partial charge in [0.25, 0.3) is 21.6 Å². The highest BCUT2D eigenvalue weighted by atomic mass is 32.2. The molecule has 73 heavy (non-hydrogen) atoms. The van der Waals surface area contributed by atoms with E-state index in [1.54, 1.807) is 6.07 Å². The summed E-state index contributed by atoms with van der Waals surface area (Å²) >= 11 is 0. The van der Waals surface area contributed by atoms with Crippen LogP contribution in [0, 0.1) is 21.4 Å². The Labute approximate surface area is 427 Å². The molecule has 5 aromatic rings. The lowest BCUT2D eigenvalue weighted by Crippen LogP contribution is -2.53. The van der Waals surface area contributed by atoms with E-state index in [1.807, 2.05) is 37.4 Å². The van der Waals surface area contributed by atoms with Gasteiger partial charge in [-0.3, -0.25) is 19.8 Å². The molecule has 4 atom stereocenters. The highest BCUT2D eigenvalue weighted by Gasteiger charge is 2.46. The Morgan fingerprint density at radius 2 is 1.73 bits per heavy atom. The number of hydrogen-bond donors (Lipinski definition) is 4. The Balaban J connectivity index is 0.872. The second-order valence-corrected chi connectivity index (χ2v) is 23.8. The number of carbonyl (C=O) groups excluding carboxylic acids is 1. The molecule has 0 radical (unpaired) electrons. The van der Waals surface area contributed by atoms with Gasteiger partial charge in [0.15, 0.2) is 0 Å². The van der Waals surface area contributed by atoms with E-state index in [1.165, 1.54) is 29.7 Å². The predicted molar refractivity (Wildman–Crippen MR) is 279 cm³/mol. The summed E-state index contributed by atoms with van der Waals surface area (Å²) in [6.07, 6.45) is 10.3. The van der Waals surface area contributed by atoms with Crippen LogP contribution in [-0.4, -0.2) is 116 Å².